The number of carbonyl (C=O) groups is 3. The molecule has 0 aliphatic carbocycles. The van der Waals surface area contributed by atoms with Crippen LogP contribution in [0.4, 0.5) is 0 Å². The maximum atomic E-state index is 12.8. The summed E-state index contributed by atoms with van der Waals surface area (Å²) < 4.78 is 16.8. The zero-order valence-corrected chi connectivity index (χ0v) is 41.7. The first-order valence-corrected chi connectivity index (χ1v) is 26.1. The zero-order chi connectivity index (χ0) is 47.2. The Balaban J connectivity index is 4.50. The summed E-state index contributed by atoms with van der Waals surface area (Å²) in [7, 11) is 0. The van der Waals surface area contributed by atoms with Crippen LogP contribution in [-0.4, -0.2) is 37.2 Å². The summed E-state index contributed by atoms with van der Waals surface area (Å²) in [5, 5.41) is 0. The third-order valence-corrected chi connectivity index (χ3v) is 10.6. The highest BCUT2D eigenvalue weighted by atomic mass is 16.6. The van der Waals surface area contributed by atoms with Crippen molar-refractivity contribution >= 4 is 17.9 Å². The summed E-state index contributed by atoms with van der Waals surface area (Å²) in [6.07, 6.45) is 71.8. The van der Waals surface area contributed by atoms with Crippen LogP contribution in [0.25, 0.3) is 0 Å². The summed E-state index contributed by atoms with van der Waals surface area (Å²) in [5.74, 6) is -0.968. The molecule has 0 saturated heterocycles. The lowest BCUT2D eigenvalue weighted by atomic mass is 10.1. The van der Waals surface area contributed by atoms with E-state index in [4.69, 9.17) is 14.2 Å². The number of allylic oxidation sites excluding steroid dienone is 20. The molecule has 0 saturated carbocycles. The van der Waals surface area contributed by atoms with E-state index in [1.54, 1.807) is 0 Å². The molecule has 0 rings (SSSR count). The van der Waals surface area contributed by atoms with Crippen LogP contribution in [0.5, 0.6) is 0 Å². The highest BCUT2D eigenvalue weighted by molar-refractivity contribution is 5.71. The zero-order valence-electron chi connectivity index (χ0n) is 41.7. The molecule has 1 unspecified atom stereocenters. The Morgan fingerprint density at radius 3 is 1.14 bits per heavy atom. The van der Waals surface area contributed by atoms with E-state index >= 15 is 0 Å². The number of rotatable bonds is 45. The van der Waals surface area contributed by atoms with E-state index in [-0.39, 0.29) is 37.5 Å². The fourth-order valence-corrected chi connectivity index (χ4v) is 6.76. The van der Waals surface area contributed by atoms with Crippen molar-refractivity contribution < 1.29 is 28.6 Å². The molecule has 0 fully saturated rings. The SMILES string of the molecule is CC\C=C/C=C\C=C/C=C\C=C\C=C/CCCCCC(=O)OC(COC(=O)CCCCCCCC/C=C\C/C=C\C/C=C\C/C=C\CC)COC(=O)CCCCCCCCCCCCC. The quantitative estimate of drug-likeness (QED) is 0.0199. The Kier molecular flexibility index (Phi) is 49.1. The maximum Gasteiger partial charge on any atom is 0.306 e. The van der Waals surface area contributed by atoms with E-state index in [1.165, 1.54) is 64.2 Å². The lowest BCUT2D eigenvalue weighted by Crippen LogP contribution is -2.30. The van der Waals surface area contributed by atoms with Gasteiger partial charge >= 0.3 is 17.9 Å². The summed E-state index contributed by atoms with van der Waals surface area (Å²) >= 11 is 0. The Labute approximate surface area is 399 Å². The number of hydrogen-bond acceptors (Lipinski definition) is 6. The van der Waals surface area contributed by atoms with E-state index in [0.717, 1.165) is 103 Å². The minimum absolute atomic E-state index is 0.103. The van der Waals surface area contributed by atoms with Gasteiger partial charge in [0.05, 0.1) is 0 Å². The molecule has 6 nitrogen and oxygen atoms in total. The van der Waals surface area contributed by atoms with Gasteiger partial charge in [0.1, 0.15) is 13.2 Å². The number of unbranched alkanes of at least 4 members (excludes halogenated alkanes) is 19. The third kappa shape index (κ3) is 50.7. The van der Waals surface area contributed by atoms with Gasteiger partial charge in [-0.05, 0) is 77.0 Å². The van der Waals surface area contributed by atoms with Crippen molar-refractivity contribution in [1.29, 1.82) is 0 Å². The molecule has 0 aliphatic heterocycles. The molecular formula is C59H94O6. The molecule has 0 aromatic carbocycles. The molecule has 0 aliphatic rings. The van der Waals surface area contributed by atoms with Crippen LogP contribution in [-0.2, 0) is 28.6 Å². The van der Waals surface area contributed by atoms with Gasteiger partial charge in [0.15, 0.2) is 6.10 Å². The maximum absolute atomic E-state index is 12.8. The van der Waals surface area contributed by atoms with E-state index in [9.17, 15) is 14.4 Å². The van der Waals surface area contributed by atoms with Crippen molar-refractivity contribution in [3.8, 4) is 0 Å². The number of ether oxygens (including phenoxy) is 3. The van der Waals surface area contributed by atoms with E-state index in [0.29, 0.717) is 19.3 Å². The molecule has 0 aromatic rings. The van der Waals surface area contributed by atoms with Crippen molar-refractivity contribution in [1.82, 2.24) is 0 Å². The summed E-state index contributed by atoms with van der Waals surface area (Å²) in [5.41, 5.74) is 0. The van der Waals surface area contributed by atoms with Gasteiger partial charge in [-0.25, -0.2) is 0 Å². The molecule has 366 valence electrons. The van der Waals surface area contributed by atoms with Crippen LogP contribution in [0.1, 0.15) is 213 Å². The fourth-order valence-electron chi connectivity index (χ4n) is 6.76. The van der Waals surface area contributed by atoms with Gasteiger partial charge in [-0.3, -0.25) is 14.4 Å². The second-order valence-electron chi connectivity index (χ2n) is 16.8. The molecule has 0 radical (unpaired) electrons. The van der Waals surface area contributed by atoms with Gasteiger partial charge in [-0.1, -0.05) is 239 Å². The second-order valence-corrected chi connectivity index (χ2v) is 16.8. The lowest BCUT2D eigenvalue weighted by molar-refractivity contribution is -0.167. The fraction of sp³-hybridized carbons (Fsp3) is 0.610. The number of hydrogen-bond donors (Lipinski definition) is 0. The highest BCUT2D eigenvalue weighted by Crippen LogP contribution is 2.14. The average molecular weight is 899 g/mol. The first-order valence-electron chi connectivity index (χ1n) is 26.1. The molecule has 0 heterocycles. The molecule has 0 spiro atoms. The smallest absolute Gasteiger partial charge is 0.306 e. The highest BCUT2D eigenvalue weighted by Gasteiger charge is 2.19. The van der Waals surface area contributed by atoms with Crippen molar-refractivity contribution in [2.45, 2.75) is 219 Å². The molecule has 0 bridgehead atoms. The Hall–Kier alpha value is -4.19. The first-order chi connectivity index (χ1) is 32.0. The normalized spacial score (nSPS) is 13.1. The van der Waals surface area contributed by atoms with Gasteiger partial charge in [0, 0.05) is 19.3 Å². The van der Waals surface area contributed by atoms with Crippen LogP contribution >= 0.6 is 0 Å². The molecule has 6 heteroatoms. The van der Waals surface area contributed by atoms with Crippen molar-refractivity contribution in [2.24, 2.45) is 0 Å². The Bertz CT molecular complexity index is 1400. The van der Waals surface area contributed by atoms with Gasteiger partial charge in [0.25, 0.3) is 0 Å². The third-order valence-electron chi connectivity index (χ3n) is 10.6. The Morgan fingerprint density at radius 2 is 0.677 bits per heavy atom. The minimum atomic E-state index is -0.809. The van der Waals surface area contributed by atoms with Gasteiger partial charge in [-0.15, -0.1) is 0 Å². The van der Waals surface area contributed by atoms with Crippen LogP contribution in [0.3, 0.4) is 0 Å². The van der Waals surface area contributed by atoms with Gasteiger partial charge in [0.2, 0.25) is 0 Å². The minimum Gasteiger partial charge on any atom is -0.462 e. The second kappa shape index (κ2) is 52.4. The molecule has 65 heavy (non-hydrogen) atoms. The molecule has 0 aromatic heterocycles. The van der Waals surface area contributed by atoms with Gasteiger partial charge in [-0.2, -0.15) is 0 Å². The molecule has 1 atom stereocenters. The monoisotopic (exact) mass is 899 g/mol. The van der Waals surface area contributed by atoms with Crippen LogP contribution in [0.15, 0.2) is 122 Å². The van der Waals surface area contributed by atoms with E-state index in [2.05, 4.69) is 81.5 Å². The van der Waals surface area contributed by atoms with Crippen LogP contribution in [0.2, 0.25) is 0 Å². The predicted octanol–water partition coefficient (Wildman–Crippen LogP) is 17.3. The van der Waals surface area contributed by atoms with Crippen molar-refractivity contribution in [2.75, 3.05) is 13.2 Å². The van der Waals surface area contributed by atoms with Crippen LogP contribution in [0, 0.1) is 0 Å². The largest absolute Gasteiger partial charge is 0.462 e. The summed E-state index contributed by atoms with van der Waals surface area (Å²) in [6.45, 7) is 6.31. The summed E-state index contributed by atoms with van der Waals surface area (Å²) in [6, 6.07) is 0. The molecular weight excluding hydrogens is 805 g/mol. The van der Waals surface area contributed by atoms with Crippen molar-refractivity contribution in [3.05, 3.63) is 122 Å². The predicted molar refractivity (Wildman–Crippen MR) is 279 cm³/mol. The first kappa shape index (κ1) is 60.8. The average Bonchev–Trinajstić information content (AvgIpc) is 3.30. The molecule has 0 amide bonds. The number of carbonyl (C=O) groups excluding carboxylic acids is 3. The topological polar surface area (TPSA) is 78.9 Å². The Morgan fingerprint density at radius 1 is 0.338 bits per heavy atom. The summed E-state index contributed by atoms with van der Waals surface area (Å²) in [4.78, 5) is 38.0. The lowest BCUT2D eigenvalue weighted by Gasteiger charge is -2.18. The number of esters is 3. The van der Waals surface area contributed by atoms with Gasteiger partial charge < -0.3 is 14.2 Å². The van der Waals surface area contributed by atoms with Crippen molar-refractivity contribution in [3.63, 3.8) is 0 Å². The standard InChI is InChI=1S/C59H94O6/c1-4-7-10-13-16-19-22-24-26-28-29-31-32-34-37-40-43-46-49-52-58(61)64-55-56(54-63-57(60)51-48-45-42-39-36-21-18-15-12-9-6-3)65-59(62)53-50-47-44-41-38-35-33-30-27-25-23-20-17-14-11-8-5-2/h7-8,10-11,14,16-17,19-20,23-27,29-31,33,35,38,56H,4-6,9,12-13,15,18,21-22,28,32,34,36-37,39-55H2,1-3H3/b10-7-,11-8-,17-14-,19-16-,23-20-,26-24-,27-25-,31-29-,33-30+,38-35-. The van der Waals surface area contributed by atoms with E-state index < -0.39 is 6.10 Å². The molecule has 0 N–H and O–H groups in total. The van der Waals surface area contributed by atoms with Crippen LogP contribution < -0.4 is 0 Å². The van der Waals surface area contributed by atoms with E-state index in [1.807, 2.05) is 60.8 Å².